The van der Waals surface area contributed by atoms with Crippen molar-refractivity contribution < 1.29 is 52.2 Å². The van der Waals surface area contributed by atoms with E-state index in [1.807, 2.05) is 98.1 Å². The van der Waals surface area contributed by atoms with Crippen molar-refractivity contribution in [3.63, 3.8) is 0 Å². The first-order chi connectivity index (χ1) is 47.7. The van der Waals surface area contributed by atoms with Gasteiger partial charge in [0.05, 0.1) is 62.1 Å². The highest BCUT2D eigenvalue weighted by Crippen LogP contribution is 2.45. The van der Waals surface area contributed by atoms with Crippen LogP contribution >= 0.6 is 11.8 Å². The van der Waals surface area contributed by atoms with E-state index in [4.69, 9.17) is 4.74 Å². The predicted octanol–water partition coefficient (Wildman–Crippen LogP) is 10.3. The smallest absolute Gasteiger partial charge is 0.266 e. The molecule has 8 aliphatic heterocycles. The number of carbonyl (C=O) groups is 2. The minimum absolute atomic E-state index is 0.0587. The largest absolute Gasteiger partial charge is 0.491 e. The Kier molecular flexibility index (Phi) is 22.3. The van der Waals surface area contributed by atoms with Crippen molar-refractivity contribution in [2.45, 2.75) is 173 Å². The lowest BCUT2D eigenvalue weighted by molar-refractivity contribution is -0.124. The number of ether oxygens (including phenoxy) is 1. The maximum atomic E-state index is 11.7. The van der Waals surface area contributed by atoms with Crippen LogP contribution < -0.4 is 23.8 Å². The van der Waals surface area contributed by atoms with Crippen molar-refractivity contribution in [2.75, 3.05) is 52.8 Å². The van der Waals surface area contributed by atoms with Gasteiger partial charge in [-0.05, 0) is 104 Å². The van der Waals surface area contributed by atoms with Crippen LogP contribution in [-0.2, 0) is 98.2 Å². The van der Waals surface area contributed by atoms with Crippen LogP contribution in [0.1, 0.15) is 166 Å². The highest BCUT2D eigenvalue weighted by molar-refractivity contribution is 7.99. The van der Waals surface area contributed by atoms with E-state index in [1.165, 1.54) is 80.1 Å². The summed E-state index contributed by atoms with van der Waals surface area (Å²) in [6.07, 6.45) is 28.0. The quantitative estimate of drug-likeness (QED) is 0.137. The maximum absolute atomic E-state index is 11.7. The molecule has 0 bridgehead atoms. The number of rotatable bonds is 1. The Balaban J connectivity index is 0.000000137. The molecule has 103 heavy (non-hydrogen) atoms. The molecule has 550 valence electrons. The number of sulfone groups is 1. The average Bonchev–Trinajstić information content (AvgIpc) is 1.75. The van der Waals surface area contributed by atoms with E-state index in [-0.39, 0.29) is 37.7 Å². The van der Waals surface area contributed by atoms with Crippen LogP contribution in [0.5, 0.6) is 5.75 Å². The van der Waals surface area contributed by atoms with Crippen LogP contribution in [0, 0.1) is 0 Å². The number of aromatic nitrogens is 8. The fraction of sp³-hybridized carbons (Fsp3) is 0.425. The summed E-state index contributed by atoms with van der Waals surface area (Å²) in [6.45, 7) is 34.3. The van der Waals surface area contributed by atoms with Gasteiger partial charge in [0.2, 0.25) is 26.0 Å². The Morgan fingerprint density at radius 3 is 1.64 bits per heavy atom. The van der Waals surface area contributed by atoms with E-state index >= 15 is 0 Å². The van der Waals surface area contributed by atoms with Crippen molar-refractivity contribution in [1.29, 1.82) is 0 Å². The number of anilines is 2. The summed E-state index contributed by atoms with van der Waals surface area (Å²) in [4.78, 5) is 57.4. The molecular formula is C73H90N12O12S6. The summed E-state index contributed by atoms with van der Waals surface area (Å²) < 4.78 is 114. The zero-order valence-electron chi connectivity index (χ0n) is 61.0. The van der Waals surface area contributed by atoms with E-state index in [2.05, 4.69) is 107 Å². The van der Waals surface area contributed by atoms with Crippen LogP contribution in [0.2, 0.25) is 0 Å². The van der Waals surface area contributed by atoms with Gasteiger partial charge in [-0.3, -0.25) is 58.0 Å². The number of fused-ring (bicyclic) bond motifs is 8. The Morgan fingerprint density at radius 1 is 0.515 bits per heavy atom. The van der Waals surface area contributed by atoms with Gasteiger partial charge in [-0.2, -0.15) is 0 Å². The van der Waals surface area contributed by atoms with Crippen LogP contribution in [-0.4, -0.2) is 133 Å². The first kappa shape index (κ1) is 79.0. The van der Waals surface area contributed by atoms with Gasteiger partial charge < -0.3 is 10.1 Å². The minimum atomic E-state index is -3.72. The third-order valence-electron chi connectivity index (χ3n) is 19.0. The molecule has 1 unspecified atom stereocenters. The molecule has 0 aliphatic carbocycles. The normalized spacial score (nSPS) is 21.1. The molecule has 0 spiro atoms. The van der Waals surface area contributed by atoms with E-state index in [0.717, 1.165) is 46.4 Å². The monoisotopic (exact) mass is 1520 g/mol. The van der Waals surface area contributed by atoms with Crippen molar-refractivity contribution in [2.24, 2.45) is 0 Å². The number of thioether (sulfide) groups is 1. The zero-order valence-corrected chi connectivity index (χ0v) is 65.9. The van der Waals surface area contributed by atoms with Gasteiger partial charge in [-0.1, -0.05) is 83.1 Å². The number of amides is 2. The van der Waals surface area contributed by atoms with Gasteiger partial charge in [0, 0.05) is 177 Å². The molecule has 16 heterocycles. The fourth-order valence-corrected chi connectivity index (χ4v) is 21.5. The molecule has 8 aromatic rings. The molecule has 16 rings (SSSR count). The van der Waals surface area contributed by atoms with E-state index < -0.39 is 72.7 Å². The van der Waals surface area contributed by atoms with Gasteiger partial charge in [0.1, 0.15) is 15.4 Å². The molecule has 0 saturated heterocycles. The molecule has 8 aliphatic rings. The van der Waals surface area contributed by atoms with Crippen molar-refractivity contribution in [3.05, 3.63) is 198 Å². The van der Waals surface area contributed by atoms with E-state index in [9.17, 15) is 47.5 Å². The molecule has 30 heteroatoms. The van der Waals surface area contributed by atoms with Crippen LogP contribution in [0.4, 0.5) is 11.4 Å². The van der Waals surface area contributed by atoms with Gasteiger partial charge in [-0.15, -0.1) is 11.8 Å². The van der Waals surface area contributed by atoms with Crippen molar-refractivity contribution >= 4 is 85.7 Å². The molecule has 24 nitrogen and oxygen atoms in total. The number of sulfonamides is 3. The standard InChI is InChI=1S/C10H14N2O2S.2C9H10N2O3S.C9H12N2.C9H11NO2S.C9H11NOS.C9H11NO.C9H11NS/c1-10(2)7-12(15(3,13)14)9-4-5-11-6-8(9)10;1-9(2)7-3-4-10-5-6(7)8(12)11-15(9,13)14;1-9(2)6-3-4-10-5-7(6)15(13,14)11-8(9)12;1-9(2)6-11-8-3-4-10-5-7(8)9;1-9(2)6-13(11,12)8-5-10-4-3-7(8)9;1-9(2)6-12(11)8-5-10-4-3-7(8)9;2*1-9(2)6-11-8-5-10-4-3-7(8)9/h4-6H,7H2,1-3H3;2*3-5H,1-2H3,(H,11,12);3-5,11H,6H2,1-2H3;3-5H,6H2,1-2H3;3-5H,6H2,1-2H3;2*3-5H,6H2,1-2H3. The molecule has 0 radical (unpaired) electrons. The topological polar surface area (TPSA) is 339 Å². The van der Waals surface area contributed by atoms with Crippen LogP contribution in [0.3, 0.4) is 0 Å². The zero-order chi connectivity index (χ0) is 76.0. The SMILES string of the molecule is CC1(C)C(=O)NS(=O)(=O)c2cnccc21.CC1(C)CN(S(C)(=O)=O)c2ccncc21.CC1(C)CNc2ccncc21.CC1(C)COc2cnccc21.CC1(C)CS(=O)(=O)c2cnccc21.CC1(C)CS(=O)c2cnccc21.CC1(C)CSc2cnccc21.CC1(C)c2ccncc2C(=O)NS1(=O)=O. The summed E-state index contributed by atoms with van der Waals surface area (Å²) in [5.41, 5.74) is 9.99. The number of nitrogens with one attached hydrogen (secondary N) is 3. The summed E-state index contributed by atoms with van der Waals surface area (Å²) in [7, 11) is -14.5. The van der Waals surface area contributed by atoms with E-state index in [1.54, 1.807) is 89.1 Å². The molecule has 3 N–H and O–H groups in total. The molecule has 1 atom stereocenters. The Hall–Kier alpha value is -8.16. The van der Waals surface area contributed by atoms with E-state index in [0.29, 0.717) is 33.5 Å². The second kappa shape index (κ2) is 29.1. The average molecular weight is 1520 g/mol. The van der Waals surface area contributed by atoms with Gasteiger partial charge in [-0.25, -0.2) is 43.1 Å². The second-order valence-corrected chi connectivity index (χ2v) is 41.0. The van der Waals surface area contributed by atoms with Gasteiger partial charge in [0.25, 0.3) is 15.9 Å². The van der Waals surface area contributed by atoms with Gasteiger partial charge in [0.15, 0.2) is 9.84 Å². The highest BCUT2D eigenvalue weighted by atomic mass is 32.2. The molecule has 8 aromatic heterocycles. The minimum Gasteiger partial charge on any atom is -0.491 e. The lowest BCUT2D eigenvalue weighted by Crippen LogP contribution is -2.48. The second-order valence-electron chi connectivity index (χ2n) is 30.9. The molecule has 0 aromatic carbocycles. The van der Waals surface area contributed by atoms with Crippen LogP contribution in [0.25, 0.3) is 0 Å². The maximum Gasteiger partial charge on any atom is 0.266 e. The Labute approximate surface area is 612 Å². The first-order valence-electron chi connectivity index (χ1n) is 33.0. The molecule has 2 amide bonds. The lowest BCUT2D eigenvalue weighted by atomic mass is 9.84. The number of hydrogen-bond acceptors (Lipinski definition) is 22. The third kappa shape index (κ3) is 16.8. The van der Waals surface area contributed by atoms with Gasteiger partial charge >= 0.3 is 0 Å². The molecule has 0 saturated carbocycles. The molecular weight excluding hydrogens is 1430 g/mol. The Morgan fingerprint density at radius 2 is 1.04 bits per heavy atom. The summed E-state index contributed by atoms with van der Waals surface area (Å²) in [6, 6.07) is 14.8. The highest BCUT2D eigenvalue weighted by Gasteiger charge is 2.46. The first-order valence-corrected chi connectivity index (χ1v) is 41.7. The predicted molar refractivity (Wildman–Crippen MR) is 400 cm³/mol. The summed E-state index contributed by atoms with van der Waals surface area (Å²) in [5.74, 6) is 1.93. The third-order valence-corrected chi connectivity index (χ3v) is 28.9. The van der Waals surface area contributed by atoms with Crippen LogP contribution in [0.15, 0.2) is 167 Å². The number of nitrogens with zero attached hydrogens (tertiary/aromatic N) is 9. The number of pyridine rings is 8. The molecule has 0 fully saturated rings. The van der Waals surface area contributed by atoms with Crippen molar-refractivity contribution in [3.8, 4) is 5.75 Å². The Bertz CT molecular complexity index is 4930. The fourth-order valence-electron chi connectivity index (χ4n) is 12.7. The summed E-state index contributed by atoms with van der Waals surface area (Å²) in [5, 5.41) is 3.35. The number of carbonyl (C=O) groups excluding carboxylic acids is 2. The van der Waals surface area contributed by atoms with Crippen molar-refractivity contribution in [1.82, 2.24) is 49.3 Å². The number of hydrogen-bond donors (Lipinski definition) is 3. The lowest BCUT2D eigenvalue weighted by Gasteiger charge is -2.31. The summed E-state index contributed by atoms with van der Waals surface area (Å²) >= 11 is 1.91.